The summed E-state index contributed by atoms with van der Waals surface area (Å²) in [5.41, 5.74) is 3.53. The van der Waals surface area contributed by atoms with E-state index in [2.05, 4.69) is 75.9 Å². The van der Waals surface area contributed by atoms with Crippen LogP contribution in [0.4, 0.5) is 5.95 Å². The number of aliphatic hydroxyl groups excluding tert-OH is 1. The lowest BCUT2D eigenvalue weighted by molar-refractivity contribution is 0.100. The van der Waals surface area contributed by atoms with Gasteiger partial charge in [0.2, 0.25) is 5.95 Å². The van der Waals surface area contributed by atoms with E-state index in [1.165, 1.54) is 11.1 Å². The third-order valence-corrected chi connectivity index (χ3v) is 5.94. The Balaban J connectivity index is 1.50. The van der Waals surface area contributed by atoms with Crippen LogP contribution in [0.25, 0.3) is 11.1 Å². The molecule has 1 aromatic heterocycles. The molecular weight excluding hydrogens is 350 g/mol. The van der Waals surface area contributed by atoms with Crippen LogP contribution in [0.3, 0.4) is 0 Å². The Morgan fingerprint density at radius 3 is 2.50 bits per heavy atom. The molecule has 0 amide bonds. The maximum atomic E-state index is 9.90. The molecule has 1 saturated heterocycles. The first-order valence-corrected chi connectivity index (χ1v) is 9.99. The zero-order valence-corrected chi connectivity index (χ0v) is 16.3. The molecule has 1 aliphatic heterocycles. The van der Waals surface area contributed by atoms with Crippen LogP contribution < -0.4 is 4.90 Å². The molecule has 28 heavy (non-hydrogen) atoms. The van der Waals surface area contributed by atoms with Crippen molar-refractivity contribution in [1.29, 1.82) is 0 Å². The second-order valence-electron chi connectivity index (χ2n) is 7.74. The van der Waals surface area contributed by atoms with E-state index in [0.717, 1.165) is 43.9 Å². The predicted octanol–water partition coefficient (Wildman–Crippen LogP) is 3.38. The second kappa shape index (κ2) is 8.10. The van der Waals surface area contributed by atoms with E-state index >= 15 is 0 Å². The molecule has 1 aliphatic rings. The summed E-state index contributed by atoms with van der Waals surface area (Å²) in [6, 6.07) is 18.9. The maximum absolute atomic E-state index is 9.90. The maximum Gasteiger partial charge on any atom is 0.245 e. The Labute approximate surface area is 165 Å². The standard InChI is InChI=1S/C22H27N5O/c1-2-22(17-28)13-6-14-26(16-22)21-23-24-25-27(21)15-18-9-11-20(12-10-18)19-7-4-3-5-8-19/h3-5,7-12,28H,2,6,13-17H2,1H3. The average molecular weight is 377 g/mol. The van der Waals surface area contributed by atoms with Crippen LogP contribution in [0.2, 0.25) is 0 Å². The summed E-state index contributed by atoms with van der Waals surface area (Å²) >= 11 is 0. The van der Waals surface area contributed by atoms with E-state index < -0.39 is 0 Å². The summed E-state index contributed by atoms with van der Waals surface area (Å²) in [6.45, 7) is 4.72. The third-order valence-electron chi connectivity index (χ3n) is 5.94. The summed E-state index contributed by atoms with van der Waals surface area (Å²) in [4.78, 5) is 2.22. The largest absolute Gasteiger partial charge is 0.396 e. The number of hydrogen-bond acceptors (Lipinski definition) is 5. The van der Waals surface area contributed by atoms with Crippen molar-refractivity contribution < 1.29 is 5.11 Å². The monoisotopic (exact) mass is 377 g/mol. The van der Waals surface area contributed by atoms with Crippen LogP contribution in [0.1, 0.15) is 31.7 Å². The van der Waals surface area contributed by atoms with E-state index in [9.17, 15) is 5.11 Å². The van der Waals surface area contributed by atoms with Gasteiger partial charge < -0.3 is 10.0 Å². The quantitative estimate of drug-likeness (QED) is 0.713. The summed E-state index contributed by atoms with van der Waals surface area (Å²) < 4.78 is 1.86. The van der Waals surface area contributed by atoms with Gasteiger partial charge in [0, 0.05) is 18.5 Å². The van der Waals surface area contributed by atoms with Gasteiger partial charge in [-0.05, 0) is 46.4 Å². The molecular formula is C22H27N5O. The van der Waals surface area contributed by atoms with Gasteiger partial charge in [0.1, 0.15) is 0 Å². The zero-order valence-electron chi connectivity index (χ0n) is 16.3. The molecule has 146 valence electrons. The third kappa shape index (κ3) is 3.78. The van der Waals surface area contributed by atoms with E-state index in [1.807, 2.05) is 10.7 Å². The molecule has 0 spiro atoms. The molecule has 6 nitrogen and oxygen atoms in total. The normalized spacial score (nSPS) is 19.7. The molecule has 4 rings (SSSR count). The molecule has 2 aromatic carbocycles. The van der Waals surface area contributed by atoms with Gasteiger partial charge in [0.05, 0.1) is 13.2 Å². The smallest absolute Gasteiger partial charge is 0.245 e. The fourth-order valence-corrected chi connectivity index (χ4v) is 4.04. The van der Waals surface area contributed by atoms with Crippen molar-refractivity contribution in [1.82, 2.24) is 20.2 Å². The topological polar surface area (TPSA) is 67.1 Å². The van der Waals surface area contributed by atoms with Gasteiger partial charge >= 0.3 is 0 Å². The van der Waals surface area contributed by atoms with Crippen LogP contribution in [-0.2, 0) is 6.54 Å². The van der Waals surface area contributed by atoms with Crippen LogP contribution >= 0.6 is 0 Å². The van der Waals surface area contributed by atoms with Crippen molar-refractivity contribution in [3.05, 3.63) is 60.2 Å². The lowest BCUT2D eigenvalue weighted by Crippen LogP contribution is -2.46. The minimum absolute atomic E-state index is 0.0492. The van der Waals surface area contributed by atoms with Crippen LogP contribution in [0.5, 0.6) is 0 Å². The predicted molar refractivity (Wildman–Crippen MR) is 110 cm³/mol. The van der Waals surface area contributed by atoms with Gasteiger partial charge in [0.15, 0.2) is 0 Å². The molecule has 0 aliphatic carbocycles. The molecule has 1 unspecified atom stereocenters. The summed E-state index contributed by atoms with van der Waals surface area (Å²) in [6.07, 6.45) is 3.06. The lowest BCUT2D eigenvalue weighted by Gasteiger charge is -2.41. The van der Waals surface area contributed by atoms with Crippen molar-refractivity contribution in [2.24, 2.45) is 5.41 Å². The number of hydrogen-bond donors (Lipinski definition) is 1. The van der Waals surface area contributed by atoms with Crippen molar-refractivity contribution >= 4 is 5.95 Å². The Morgan fingerprint density at radius 2 is 1.79 bits per heavy atom. The SMILES string of the molecule is CCC1(CO)CCCN(c2nnnn2Cc2ccc(-c3ccccc3)cc2)C1. The number of tetrazole rings is 1. The van der Waals surface area contributed by atoms with E-state index in [0.29, 0.717) is 6.54 Å². The Kier molecular flexibility index (Phi) is 5.39. The summed E-state index contributed by atoms with van der Waals surface area (Å²) in [5, 5.41) is 22.3. The summed E-state index contributed by atoms with van der Waals surface area (Å²) in [7, 11) is 0. The van der Waals surface area contributed by atoms with Crippen molar-refractivity contribution in [2.45, 2.75) is 32.7 Å². The van der Waals surface area contributed by atoms with Gasteiger partial charge in [-0.25, -0.2) is 4.68 Å². The van der Waals surface area contributed by atoms with E-state index in [1.54, 1.807) is 0 Å². The first-order valence-electron chi connectivity index (χ1n) is 9.99. The highest BCUT2D eigenvalue weighted by Gasteiger charge is 2.35. The summed E-state index contributed by atoms with van der Waals surface area (Å²) in [5.74, 6) is 0.790. The van der Waals surface area contributed by atoms with E-state index in [4.69, 9.17) is 0 Å². The first-order chi connectivity index (χ1) is 13.7. The van der Waals surface area contributed by atoms with E-state index in [-0.39, 0.29) is 12.0 Å². The van der Waals surface area contributed by atoms with Crippen LogP contribution in [0, 0.1) is 5.41 Å². The van der Waals surface area contributed by atoms with Gasteiger partial charge in [-0.15, -0.1) is 0 Å². The number of aromatic nitrogens is 4. The molecule has 1 fully saturated rings. The number of nitrogens with zero attached hydrogens (tertiary/aromatic N) is 5. The number of anilines is 1. The fraction of sp³-hybridized carbons (Fsp3) is 0.409. The number of benzene rings is 2. The van der Waals surface area contributed by atoms with Crippen molar-refractivity contribution in [2.75, 3.05) is 24.6 Å². The highest BCUT2D eigenvalue weighted by atomic mass is 16.3. The lowest BCUT2D eigenvalue weighted by atomic mass is 9.78. The Morgan fingerprint density at radius 1 is 1.04 bits per heavy atom. The molecule has 0 radical (unpaired) electrons. The molecule has 2 heterocycles. The molecule has 1 N–H and O–H groups in total. The fourth-order valence-electron chi connectivity index (χ4n) is 4.04. The van der Waals surface area contributed by atoms with Crippen LogP contribution in [0.15, 0.2) is 54.6 Å². The Bertz CT molecular complexity index is 887. The number of aliphatic hydroxyl groups is 1. The van der Waals surface area contributed by atoms with Crippen molar-refractivity contribution in [3.63, 3.8) is 0 Å². The molecule has 6 heteroatoms. The minimum Gasteiger partial charge on any atom is -0.396 e. The van der Waals surface area contributed by atoms with Gasteiger partial charge in [0.25, 0.3) is 0 Å². The van der Waals surface area contributed by atoms with Gasteiger partial charge in [-0.2, -0.15) is 0 Å². The zero-order chi connectivity index (χ0) is 19.4. The molecule has 0 saturated carbocycles. The highest BCUT2D eigenvalue weighted by molar-refractivity contribution is 5.63. The molecule has 3 aromatic rings. The van der Waals surface area contributed by atoms with Gasteiger partial charge in [-0.3, -0.25) is 0 Å². The number of piperidine rings is 1. The Hall–Kier alpha value is -2.73. The average Bonchev–Trinajstić information content (AvgIpc) is 3.23. The highest BCUT2D eigenvalue weighted by Crippen LogP contribution is 2.34. The minimum atomic E-state index is -0.0492. The van der Waals surface area contributed by atoms with Crippen LogP contribution in [-0.4, -0.2) is 45.0 Å². The number of rotatable bonds is 6. The molecule has 1 atom stereocenters. The second-order valence-corrected chi connectivity index (χ2v) is 7.74. The first kappa shape index (κ1) is 18.6. The molecule has 0 bridgehead atoms. The van der Waals surface area contributed by atoms with Crippen molar-refractivity contribution in [3.8, 4) is 11.1 Å². The van der Waals surface area contributed by atoms with Gasteiger partial charge in [-0.1, -0.05) is 66.6 Å².